The number of aliphatic hydroxyl groups is 1. The Bertz CT molecular complexity index is 470. The maximum atomic E-state index is 11.9. The Hall–Kier alpha value is -0.830. The summed E-state index contributed by atoms with van der Waals surface area (Å²) in [5.41, 5.74) is 0.940. The van der Waals surface area contributed by atoms with Gasteiger partial charge in [-0.15, -0.1) is 0 Å². The van der Waals surface area contributed by atoms with E-state index >= 15 is 0 Å². The van der Waals surface area contributed by atoms with Gasteiger partial charge in [0.15, 0.2) is 0 Å². The summed E-state index contributed by atoms with van der Waals surface area (Å²) in [6.45, 7) is 9.12. The molecule has 2 N–H and O–H groups in total. The van der Waals surface area contributed by atoms with Crippen LogP contribution in [0.4, 0.5) is 0 Å². The highest BCUT2D eigenvalue weighted by Gasteiger charge is 2.52. The second kappa shape index (κ2) is 6.96. The topological polar surface area (TPSA) is 57.5 Å². The molecule has 0 heterocycles. The predicted octanol–water partition coefficient (Wildman–Crippen LogP) is 4.65. The Morgan fingerprint density at radius 1 is 1.35 bits per heavy atom. The van der Waals surface area contributed by atoms with Crippen LogP contribution in [0.1, 0.15) is 72.6 Å². The largest absolute Gasteiger partial charge is 0.481 e. The van der Waals surface area contributed by atoms with E-state index in [2.05, 4.69) is 26.8 Å². The molecule has 0 bridgehead atoms. The summed E-state index contributed by atoms with van der Waals surface area (Å²) < 4.78 is 0. The summed E-state index contributed by atoms with van der Waals surface area (Å²) in [5, 5.41) is 18.9. The van der Waals surface area contributed by atoms with Gasteiger partial charge < -0.3 is 10.2 Å². The fourth-order valence-corrected chi connectivity index (χ4v) is 4.87. The van der Waals surface area contributed by atoms with Crippen molar-refractivity contribution in [3.63, 3.8) is 0 Å². The number of rotatable bonds is 6. The van der Waals surface area contributed by atoms with Crippen molar-refractivity contribution in [2.24, 2.45) is 28.6 Å². The first kappa shape index (κ1) is 18.5. The van der Waals surface area contributed by atoms with Gasteiger partial charge in [-0.2, -0.15) is 0 Å². The van der Waals surface area contributed by atoms with E-state index in [1.807, 2.05) is 6.92 Å². The normalized spacial score (nSPS) is 38.6. The molecule has 2 rings (SSSR count). The molecule has 0 aromatic heterocycles. The summed E-state index contributed by atoms with van der Waals surface area (Å²) >= 11 is 0. The summed E-state index contributed by atoms with van der Waals surface area (Å²) in [6.07, 6.45) is 9.22. The molecular formula is C20H34O3. The van der Waals surface area contributed by atoms with Crippen molar-refractivity contribution in [2.45, 2.75) is 72.6 Å². The van der Waals surface area contributed by atoms with Crippen LogP contribution in [-0.4, -0.2) is 22.8 Å². The number of aliphatic hydroxyl groups excluding tert-OH is 1. The summed E-state index contributed by atoms with van der Waals surface area (Å²) in [7, 11) is 0. The smallest absolute Gasteiger partial charge is 0.309 e. The molecule has 1 fully saturated rings. The van der Waals surface area contributed by atoms with Gasteiger partial charge in [0.05, 0.1) is 5.41 Å². The van der Waals surface area contributed by atoms with Crippen molar-refractivity contribution in [1.82, 2.24) is 0 Å². The Morgan fingerprint density at radius 3 is 2.65 bits per heavy atom. The Labute approximate surface area is 141 Å². The number of carboxylic acid groups (broad SMARTS) is 1. The van der Waals surface area contributed by atoms with Crippen molar-refractivity contribution in [3.05, 3.63) is 11.6 Å². The van der Waals surface area contributed by atoms with Crippen molar-refractivity contribution in [2.75, 3.05) is 6.61 Å². The molecule has 0 spiro atoms. The Morgan fingerprint density at radius 2 is 2.04 bits per heavy atom. The zero-order valence-electron chi connectivity index (χ0n) is 15.3. The van der Waals surface area contributed by atoms with Crippen molar-refractivity contribution in [1.29, 1.82) is 0 Å². The van der Waals surface area contributed by atoms with E-state index in [1.165, 1.54) is 5.57 Å². The van der Waals surface area contributed by atoms with E-state index in [-0.39, 0.29) is 17.9 Å². The molecule has 0 amide bonds. The van der Waals surface area contributed by atoms with E-state index in [1.54, 1.807) is 0 Å². The second-order valence-corrected chi connectivity index (χ2v) is 8.53. The first-order valence-electron chi connectivity index (χ1n) is 9.30. The van der Waals surface area contributed by atoms with E-state index in [9.17, 15) is 9.90 Å². The number of hydrogen-bond donors (Lipinski definition) is 2. The van der Waals surface area contributed by atoms with Crippen LogP contribution in [0.15, 0.2) is 11.6 Å². The lowest BCUT2D eigenvalue weighted by Crippen LogP contribution is -2.47. The highest BCUT2D eigenvalue weighted by molar-refractivity contribution is 5.75. The monoisotopic (exact) mass is 322 g/mol. The van der Waals surface area contributed by atoms with Crippen LogP contribution in [0.2, 0.25) is 0 Å². The fourth-order valence-electron chi connectivity index (χ4n) is 4.87. The molecule has 23 heavy (non-hydrogen) atoms. The maximum Gasteiger partial charge on any atom is 0.309 e. The van der Waals surface area contributed by atoms with E-state index in [0.29, 0.717) is 11.8 Å². The average molecular weight is 322 g/mol. The third-order valence-electron chi connectivity index (χ3n) is 7.07. The SMILES string of the molecule is C[C@@H](CCO)CC[C@]1(C)C2=CCC[C@](C)(C(=O)O)[C@H]2CC[C@H]1C. The lowest BCUT2D eigenvalue weighted by Gasteiger charge is -2.52. The van der Waals surface area contributed by atoms with Crippen molar-refractivity contribution < 1.29 is 15.0 Å². The minimum Gasteiger partial charge on any atom is -0.481 e. The molecule has 0 saturated heterocycles. The molecule has 0 aromatic rings. The van der Waals surface area contributed by atoms with Gasteiger partial charge in [-0.1, -0.05) is 32.4 Å². The first-order valence-corrected chi connectivity index (χ1v) is 9.30. The number of aliphatic carboxylic acids is 1. The van der Waals surface area contributed by atoms with Crippen LogP contribution in [0.3, 0.4) is 0 Å². The second-order valence-electron chi connectivity index (χ2n) is 8.53. The molecule has 3 heteroatoms. The van der Waals surface area contributed by atoms with Gasteiger partial charge in [0.25, 0.3) is 0 Å². The maximum absolute atomic E-state index is 11.9. The number of carbonyl (C=O) groups is 1. The van der Waals surface area contributed by atoms with E-state index in [0.717, 1.165) is 44.9 Å². The first-order chi connectivity index (χ1) is 10.8. The fraction of sp³-hybridized carbons (Fsp3) is 0.850. The molecule has 132 valence electrons. The highest BCUT2D eigenvalue weighted by atomic mass is 16.4. The molecule has 5 atom stereocenters. The van der Waals surface area contributed by atoms with Gasteiger partial charge in [0, 0.05) is 6.61 Å². The van der Waals surface area contributed by atoms with Gasteiger partial charge in [-0.05, 0) is 75.0 Å². The minimum absolute atomic E-state index is 0.115. The van der Waals surface area contributed by atoms with E-state index < -0.39 is 11.4 Å². The molecule has 2 aliphatic rings. The lowest BCUT2D eigenvalue weighted by molar-refractivity contribution is -0.152. The van der Waals surface area contributed by atoms with Crippen LogP contribution >= 0.6 is 0 Å². The zero-order chi connectivity index (χ0) is 17.3. The average Bonchev–Trinajstić information content (AvgIpc) is 2.50. The summed E-state index contributed by atoms with van der Waals surface area (Å²) in [6, 6.07) is 0. The quantitative estimate of drug-likeness (QED) is 0.700. The molecule has 3 nitrogen and oxygen atoms in total. The molecule has 0 aliphatic heterocycles. The van der Waals surface area contributed by atoms with Crippen LogP contribution in [0.25, 0.3) is 0 Å². The summed E-state index contributed by atoms with van der Waals surface area (Å²) in [5.74, 6) is 0.698. The van der Waals surface area contributed by atoms with Crippen molar-refractivity contribution >= 4 is 5.97 Å². The number of fused-ring (bicyclic) bond motifs is 1. The van der Waals surface area contributed by atoms with Gasteiger partial charge in [-0.25, -0.2) is 0 Å². The van der Waals surface area contributed by atoms with Crippen LogP contribution in [0, 0.1) is 28.6 Å². The van der Waals surface area contributed by atoms with Gasteiger partial charge in [-0.3, -0.25) is 4.79 Å². The van der Waals surface area contributed by atoms with E-state index in [4.69, 9.17) is 5.11 Å². The van der Waals surface area contributed by atoms with Gasteiger partial charge in [0.1, 0.15) is 0 Å². The number of carboxylic acids is 1. The standard InChI is InChI=1S/C20H34O3/c1-14(10-13-21)9-12-19(3)15(2)7-8-17-16(19)6-5-11-20(17,4)18(22)23/h6,14-15,17,21H,5,7-13H2,1-4H3,(H,22,23)/t14-,15-,17+,19+,20+/m1/s1. The van der Waals surface area contributed by atoms with Crippen LogP contribution in [-0.2, 0) is 4.79 Å². The predicted molar refractivity (Wildman–Crippen MR) is 93.2 cm³/mol. The minimum atomic E-state index is -0.626. The number of allylic oxidation sites excluding steroid dienone is 2. The Kier molecular flexibility index (Phi) is 5.60. The molecule has 0 aromatic carbocycles. The van der Waals surface area contributed by atoms with Crippen LogP contribution in [0.5, 0.6) is 0 Å². The molecule has 1 saturated carbocycles. The van der Waals surface area contributed by atoms with Crippen molar-refractivity contribution in [3.8, 4) is 0 Å². The Balaban J connectivity index is 2.24. The molecule has 2 aliphatic carbocycles. The zero-order valence-corrected chi connectivity index (χ0v) is 15.3. The summed E-state index contributed by atoms with van der Waals surface area (Å²) in [4.78, 5) is 11.9. The third-order valence-corrected chi connectivity index (χ3v) is 7.07. The van der Waals surface area contributed by atoms with Crippen LogP contribution < -0.4 is 0 Å². The molecular weight excluding hydrogens is 288 g/mol. The highest BCUT2D eigenvalue weighted by Crippen LogP contribution is 2.58. The molecule has 0 radical (unpaired) electrons. The number of hydrogen-bond acceptors (Lipinski definition) is 2. The molecule has 0 unspecified atom stereocenters. The third kappa shape index (κ3) is 3.35. The van der Waals surface area contributed by atoms with Gasteiger partial charge in [0.2, 0.25) is 0 Å². The lowest BCUT2D eigenvalue weighted by atomic mass is 9.51. The van der Waals surface area contributed by atoms with Gasteiger partial charge >= 0.3 is 5.97 Å².